The Bertz CT molecular complexity index is 793. The molecule has 2 aromatic rings. The number of benzene rings is 2. The summed E-state index contributed by atoms with van der Waals surface area (Å²) in [6.45, 7) is 6.11. The molecule has 1 atom stereocenters. The van der Waals surface area contributed by atoms with Crippen molar-refractivity contribution in [1.82, 2.24) is 0 Å². The van der Waals surface area contributed by atoms with Crippen LogP contribution in [0.25, 0.3) is 0 Å². The highest BCUT2D eigenvalue weighted by Gasteiger charge is 2.17. The van der Waals surface area contributed by atoms with Crippen molar-refractivity contribution in [3.63, 3.8) is 0 Å². The molecule has 0 spiro atoms. The summed E-state index contributed by atoms with van der Waals surface area (Å²) >= 11 is 0. The lowest BCUT2D eigenvalue weighted by Crippen LogP contribution is -2.14. The first kappa shape index (κ1) is 37.6. The van der Waals surface area contributed by atoms with Crippen LogP contribution in [0.3, 0.4) is 0 Å². The van der Waals surface area contributed by atoms with Gasteiger partial charge in [-0.2, -0.15) is 0 Å². The third kappa shape index (κ3) is 21.7. The fourth-order valence-corrected chi connectivity index (χ4v) is 6.31. The molecule has 4 nitrogen and oxygen atoms in total. The minimum atomic E-state index is -1.52. The molecule has 0 bridgehead atoms. The van der Waals surface area contributed by atoms with Gasteiger partial charge in [0.15, 0.2) is 0 Å². The van der Waals surface area contributed by atoms with Crippen molar-refractivity contribution < 1.29 is 18.3 Å². The number of rotatable bonds is 30. The second-order valence-corrected chi connectivity index (χ2v) is 13.0. The Morgan fingerprint density at radius 2 is 0.860 bits per heavy atom. The van der Waals surface area contributed by atoms with E-state index in [9.17, 15) is 0 Å². The summed E-state index contributed by atoms with van der Waals surface area (Å²) in [7, 11) is -1.52. The lowest BCUT2D eigenvalue weighted by Gasteiger charge is -2.19. The van der Waals surface area contributed by atoms with Gasteiger partial charge in [-0.15, -0.1) is 0 Å². The van der Waals surface area contributed by atoms with Crippen LogP contribution in [-0.4, -0.2) is 19.3 Å². The quantitative estimate of drug-likeness (QED) is 0.0648. The SMILES string of the molecule is CCCCCCCCCCCCCOC(CCCCCCCC)CCCCOP(Oc1ccccc1)Oc1ccccc1. The molecule has 244 valence electrons. The van der Waals surface area contributed by atoms with Crippen LogP contribution in [-0.2, 0) is 9.26 Å². The average molecular weight is 615 g/mol. The second kappa shape index (κ2) is 27.9. The van der Waals surface area contributed by atoms with Crippen molar-refractivity contribution in [2.24, 2.45) is 0 Å². The van der Waals surface area contributed by atoms with E-state index in [0.29, 0.717) is 12.7 Å². The van der Waals surface area contributed by atoms with Gasteiger partial charge >= 0.3 is 8.60 Å². The molecule has 0 aromatic heterocycles. The van der Waals surface area contributed by atoms with E-state index in [0.717, 1.165) is 37.4 Å². The van der Waals surface area contributed by atoms with Gasteiger partial charge < -0.3 is 13.8 Å². The second-order valence-electron chi connectivity index (χ2n) is 11.9. The summed E-state index contributed by atoms with van der Waals surface area (Å²) in [5, 5.41) is 0. The Kier molecular flexibility index (Phi) is 24.4. The molecule has 0 radical (unpaired) electrons. The molecule has 0 fully saturated rings. The molecule has 0 aliphatic rings. The van der Waals surface area contributed by atoms with Gasteiger partial charge in [-0.3, -0.25) is 4.52 Å². The predicted molar refractivity (Wildman–Crippen MR) is 185 cm³/mol. The highest BCUT2D eigenvalue weighted by atomic mass is 31.2. The van der Waals surface area contributed by atoms with Crippen molar-refractivity contribution in [2.45, 2.75) is 155 Å². The van der Waals surface area contributed by atoms with Crippen LogP contribution in [0.4, 0.5) is 0 Å². The van der Waals surface area contributed by atoms with Gasteiger partial charge in [0.25, 0.3) is 0 Å². The summed E-state index contributed by atoms with van der Waals surface area (Å²) in [5.74, 6) is 1.53. The van der Waals surface area contributed by atoms with Crippen LogP contribution < -0.4 is 9.05 Å². The van der Waals surface area contributed by atoms with Crippen LogP contribution in [0.5, 0.6) is 11.5 Å². The molecule has 0 aliphatic carbocycles. The topological polar surface area (TPSA) is 36.9 Å². The maximum absolute atomic E-state index is 6.45. The first-order chi connectivity index (χ1) is 21.3. The van der Waals surface area contributed by atoms with Crippen LogP contribution in [0, 0.1) is 0 Å². The maximum Gasteiger partial charge on any atom is 0.463 e. The van der Waals surface area contributed by atoms with E-state index in [1.54, 1.807) is 0 Å². The molecule has 2 aromatic carbocycles. The number of unbranched alkanes of at least 4 members (excludes halogenated alkanes) is 16. The normalized spacial score (nSPS) is 12.1. The fourth-order valence-electron chi connectivity index (χ4n) is 5.30. The summed E-state index contributed by atoms with van der Waals surface area (Å²) in [5.41, 5.74) is 0. The summed E-state index contributed by atoms with van der Waals surface area (Å²) in [4.78, 5) is 0. The monoisotopic (exact) mass is 614 g/mol. The van der Waals surface area contributed by atoms with Crippen molar-refractivity contribution in [2.75, 3.05) is 13.2 Å². The van der Waals surface area contributed by atoms with E-state index < -0.39 is 8.60 Å². The Balaban J connectivity index is 1.65. The Morgan fingerprint density at radius 3 is 1.35 bits per heavy atom. The zero-order valence-corrected chi connectivity index (χ0v) is 28.6. The molecule has 43 heavy (non-hydrogen) atoms. The lowest BCUT2D eigenvalue weighted by molar-refractivity contribution is 0.0352. The minimum Gasteiger partial charge on any atom is -0.418 e. The predicted octanol–water partition coefficient (Wildman–Crippen LogP) is 13.0. The zero-order chi connectivity index (χ0) is 30.5. The van der Waals surface area contributed by atoms with Crippen molar-refractivity contribution in [1.29, 1.82) is 0 Å². The summed E-state index contributed by atoms with van der Waals surface area (Å²) in [6, 6.07) is 19.6. The molecule has 0 amide bonds. The molecule has 0 heterocycles. The summed E-state index contributed by atoms with van der Waals surface area (Å²) < 4.78 is 24.7. The van der Waals surface area contributed by atoms with Crippen molar-refractivity contribution >= 4 is 8.60 Å². The first-order valence-corrected chi connectivity index (χ1v) is 18.9. The number of hydrogen-bond acceptors (Lipinski definition) is 4. The average Bonchev–Trinajstić information content (AvgIpc) is 3.03. The van der Waals surface area contributed by atoms with E-state index in [1.165, 1.54) is 116 Å². The van der Waals surface area contributed by atoms with Gasteiger partial charge in [0, 0.05) is 6.61 Å². The Labute approximate surface area is 266 Å². The van der Waals surface area contributed by atoms with Gasteiger partial charge in [-0.05, 0) is 56.4 Å². The number of para-hydroxylation sites is 2. The molecule has 0 aliphatic heterocycles. The van der Waals surface area contributed by atoms with Crippen LogP contribution >= 0.6 is 8.60 Å². The standard InChI is InChI=1S/C38H63O4P/c1-3-5-7-9-11-12-13-14-15-17-26-34-39-36(28-20-16-10-8-6-4-2)29-25-27-35-40-43(41-37-30-21-18-22-31-37)42-38-32-23-19-24-33-38/h18-19,21-24,30-33,36H,3-17,20,25-29,34-35H2,1-2H3. The molecule has 2 rings (SSSR count). The van der Waals surface area contributed by atoms with Crippen LogP contribution in [0.2, 0.25) is 0 Å². The van der Waals surface area contributed by atoms with Gasteiger partial charge in [0.2, 0.25) is 0 Å². The Hall–Kier alpha value is -1.61. The van der Waals surface area contributed by atoms with Gasteiger partial charge in [0.1, 0.15) is 11.5 Å². The van der Waals surface area contributed by atoms with E-state index >= 15 is 0 Å². The van der Waals surface area contributed by atoms with E-state index in [-0.39, 0.29) is 0 Å². The van der Waals surface area contributed by atoms with E-state index in [1.807, 2.05) is 60.7 Å². The summed E-state index contributed by atoms with van der Waals surface area (Å²) in [6.07, 6.45) is 27.9. The Morgan fingerprint density at radius 1 is 0.465 bits per heavy atom. The van der Waals surface area contributed by atoms with Crippen molar-refractivity contribution in [3.8, 4) is 11.5 Å². The number of hydrogen-bond donors (Lipinski definition) is 0. The lowest BCUT2D eigenvalue weighted by atomic mass is 10.0. The largest absolute Gasteiger partial charge is 0.463 e. The third-order valence-electron chi connectivity index (χ3n) is 7.94. The third-order valence-corrected chi connectivity index (χ3v) is 9.06. The highest BCUT2D eigenvalue weighted by Crippen LogP contribution is 2.41. The molecular weight excluding hydrogens is 551 g/mol. The molecule has 0 N–H and O–H groups in total. The maximum atomic E-state index is 6.45. The molecule has 5 heteroatoms. The van der Waals surface area contributed by atoms with Gasteiger partial charge in [-0.1, -0.05) is 153 Å². The van der Waals surface area contributed by atoms with Gasteiger partial charge in [-0.25, -0.2) is 0 Å². The molecular formula is C38H63O4P. The number of ether oxygens (including phenoxy) is 1. The van der Waals surface area contributed by atoms with Crippen LogP contribution in [0.15, 0.2) is 60.7 Å². The minimum absolute atomic E-state index is 0.372. The fraction of sp³-hybridized carbons (Fsp3) is 0.684. The van der Waals surface area contributed by atoms with E-state index in [4.69, 9.17) is 18.3 Å². The molecule has 0 saturated heterocycles. The molecule has 0 saturated carbocycles. The smallest absolute Gasteiger partial charge is 0.418 e. The van der Waals surface area contributed by atoms with E-state index in [2.05, 4.69) is 13.8 Å². The highest BCUT2D eigenvalue weighted by molar-refractivity contribution is 7.42. The van der Waals surface area contributed by atoms with Gasteiger partial charge in [0.05, 0.1) is 12.7 Å². The van der Waals surface area contributed by atoms with Crippen molar-refractivity contribution in [3.05, 3.63) is 60.7 Å². The van der Waals surface area contributed by atoms with Crippen LogP contribution in [0.1, 0.15) is 149 Å². The first-order valence-electron chi connectivity index (χ1n) is 17.8. The molecule has 1 unspecified atom stereocenters. The zero-order valence-electron chi connectivity index (χ0n) is 27.7.